The fraction of sp³-hybridized carbons (Fsp3) is 1.00. The summed E-state index contributed by atoms with van der Waals surface area (Å²) in [4.78, 5) is 0. The molecule has 0 saturated heterocycles. The highest BCUT2D eigenvalue weighted by atomic mass is 32.2. The van der Waals surface area contributed by atoms with E-state index in [1.54, 1.807) is 6.92 Å². The molecule has 0 aromatic rings. The summed E-state index contributed by atoms with van der Waals surface area (Å²) in [7, 11) is 0. The molecule has 0 aliphatic heterocycles. The number of nitrogens with two attached hydrogens (primary N) is 1. The Morgan fingerprint density at radius 2 is 2.00 bits per heavy atom. The molecule has 1 aliphatic carbocycles. The smallest absolute Gasteiger partial charge is 0.326 e. The van der Waals surface area contributed by atoms with Crippen molar-refractivity contribution in [2.75, 3.05) is 0 Å². The predicted octanol–water partition coefficient (Wildman–Crippen LogP) is 3.97. The first-order valence-corrected chi connectivity index (χ1v) is 7.26. The van der Waals surface area contributed by atoms with E-state index in [1.165, 1.54) is 0 Å². The van der Waals surface area contributed by atoms with Crippen molar-refractivity contribution >= 4 is 11.8 Å². The molecule has 4 unspecified atom stereocenters. The van der Waals surface area contributed by atoms with Crippen molar-refractivity contribution in [2.45, 2.75) is 68.7 Å². The van der Waals surface area contributed by atoms with Gasteiger partial charge in [-0.15, -0.1) is 11.8 Å². The zero-order valence-electron chi connectivity index (χ0n) is 10.5. The quantitative estimate of drug-likeness (QED) is 0.835. The molecule has 1 fully saturated rings. The first kappa shape index (κ1) is 15.2. The predicted molar refractivity (Wildman–Crippen MR) is 67.1 cm³/mol. The molecule has 0 aromatic carbocycles. The molecule has 0 radical (unpaired) electrons. The van der Waals surface area contributed by atoms with Crippen LogP contribution in [0.1, 0.15) is 46.0 Å². The lowest BCUT2D eigenvalue weighted by Crippen LogP contribution is -2.43. The Balaban J connectivity index is 2.59. The van der Waals surface area contributed by atoms with Gasteiger partial charge in [0.15, 0.2) is 0 Å². The van der Waals surface area contributed by atoms with Crippen LogP contribution in [0.2, 0.25) is 0 Å². The van der Waals surface area contributed by atoms with Gasteiger partial charge >= 0.3 is 6.18 Å². The van der Waals surface area contributed by atoms with Crippen LogP contribution < -0.4 is 5.73 Å². The second-order valence-electron chi connectivity index (χ2n) is 5.06. The van der Waals surface area contributed by atoms with E-state index >= 15 is 0 Å². The van der Waals surface area contributed by atoms with Gasteiger partial charge < -0.3 is 5.73 Å². The Hall–Kier alpha value is 0.100. The van der Waals surface area contributed by atoms with Gasteiger partial charge in [-0.1, -0.05) is 26.7 Å². The van der Waals surface area contributed by atoms with E-state index in [4.69, 9.17) is 5.73 Å². The van der Waals surface area contributed by atoms with Crippen molar-refractivity contribution in [2.24, 2.45) is 11.7 Å². The summed E-state index contributed by atoms with van der Waals surface area (Å²) in [6, 6.07) is -0.780. The normalized spacial score (nSPS) is 30.0. The van der Waals surface area contributed by atoms with Gasteiger partial charge in [-0.25, -0.2) is 0 Å². The molecule has 1 aliphatic rings. The van der Waals surface area contributed by atoms with E-state index in [2.05, 4.69) is 6.92 Å². The third kappa shape index (κ3) is 4.70. The van der Waals surface area contributed by atoms with Crippen LogP contribution in [0.3, 0.4) is 0 Å². The van der Waals surface area contributed by atoms with Gasteiger partial charge in [0.05, 0.1) is 0 Å². The van der Waals surface area contributed by atoms with Gasteiger partial charge in [0, 0.05) is 11.3 Å². The van der Waals surface area contributed by atoms with E-state index < -0.39 is 17.5 Å². The van der Waals surface area contributed by atoms with E-state index in [0.717, 1.165) is 37.4 Å². The standard InChI is InChI=1S/C12H22F3NS/c1-3-10(16)11(12(13,14)15)17-9-6-4-5-8(2)7-9/h8-11H,3-7,16H2,1-2H3. The maximum absolute atomic E-state index is 12.9. The molecule has 17 heavy (non-hydrogen) atoms. The van der Waals surface area contributed by atoms with Crippen LogP contribution in [0.4, 0.5) is 13.2 Å². The Morgan fingerprint density at radius 1 is 1.35 bits per heavy atom. The summed E-state index contributed by atoms with van der Waals surface area (Å²) in [5.41, 5.74) is 5.61. The van der Waals surface area contributed by atoms with Crippen LogP contribution in [-0.2, 0) is 0 Å². The average Bonchev–Trinajstić information content (AvgIpc) is 2.23. The number of alkyl halides is 3. The molecule has 1 nitrogen and oxygen atoms in total. The van der Waals surface area contributed by atoms with Gasteiger partial charge in [0.1, 0.15) is 5.25 Å². The number of hydrogen-bond donors (Lipinski definition) is 1. The summed E-state index contributed by atoms with van der Waals surface area (Å²) in [6.07, 6.45) is 0.185. The van der Waals surface area contributed by atoms with Crippen LogP contribution in [0.25, 0.3) is 0 Å². The first-order valence-electron chi connectivity index (χ1n) is 6.32. The fourth-order valence-corrected chi connectivity index (χ4v) is 4.05. The molecule has 5 heteroatoms. The lowest BCUT2D eigenvalue weighted by Gasteiger charge is -2.32. The Morgan fingerprint density at radius 3 is 2.47 bits per heavy atom. The molecule has 1 rings (SSSR count). The number of hydrogen-bond acceptors (Lipinski definition) is 2. The van der Waals surface area contributed by atoms with E-state index in [-0.39, 0.29) is 5.25 Å². The molecule has 1 saturated carbocycles. The number of rotatable bonds is 4. The Bertz CT molecular complexity index is 232. The minimum absolute atomic E-state index is 0.128. The van der Waals surface area contributed by atoms with Gasteiger partial charge in [-0.3, -0.25) is 0 Å². The zero-order chi connectivity index (χ0) is 13.1. The molecule has 4 atom stereocenters. The maximum atomic E-state index is 12.9. The van der Waals surface area contributed by atoms with E-state index in [1.807, 2.05) is 0 Å². The minimum Gasteiger partial charge on any atom is -0.326 e. The van der Waals surface area contributed by atoms with Crippen molar-refractivity contribution in [3.63, 3.8) is 0 Å². The van der Waals surface area contributed by atoms with Crippen molar-refractivity contribution in [3.05, 3.63) is 0 Å². The van der Waals surface area contributed by atoms with Crippen molar-refractivity contribution < 1.29 is 13.2 Å². The second-order valence-corrected chi connectivity index (χ2v) is 6.51. The first-order chi connectivity index (χ1) is 7.84. The molecule has 102 valence electrons. The van der Waals surface area contributed by atoms with Crippen LogP contribution >= 0.6 is 11.8 Å². The summed E-state index contributed by atoms with van der Waals surface area (Å²) < 4.78 is 38.7. The average molecular weight is 269 g/mol. The topological polar surface area (TPSA) is 26.0 Å². The second kappa shape index (κ2) is 6.32. The SMILES string of the molecule is CCC(N)C(SC1CCCC(C)C1)C(F)(F)F. The molecule has 2 N–H and O–H groups in total. The number of thioether (sulfide) groups is 1. The van der Waals surface area contributed by atoms with Gasteiger partial charge in [-0.05, 0) is 25.2 Å². The number of halogens is 3. The largest absolute Gasteiger partial charge is 0.402 e. The molecular formula is C12H22F3NS. The molecule has 0 aromatic heterocycles. The molecule has 0 amide bonds. The lowest BCUT2D eigenvalue weighted by molar-refractivity contribution is -0.132. The molecule has 0 heterocycles. The van der Waals surface area contributed by atoms with E-state index in [0.29, 0.717) is 12.3 Å². The molecule has 0 bridgehead atoms. The third-order valence-corrected chi connectivity index (χ3v) is 5.13. The molecule has 0 spiro atoms. The maximum Gasteiger partial charge on any atom is 0.402 e. The van der Waals surface area contributed by atoms with Crippen LogP contribution in [0.15, 0.2) is 0 Å². The minimum atomic E-state index is -4.18. The van der Waals surface area contributed by atoms with Crippen LogP contribution in [0, 0.1) is 5.92 Å². The van der Waals surface area contributed by atoms with Gasteiger partial charge in [0.25, 0.3) is 0 Å². The summed E-state index contributed by atoms with van der Waals surface area (Å²) in [5.74, 6) is 0.549. The highest BCUT2D eigenvalue weighted by molar-refractivity contribution is 8.00. The highest BCUT2D eigenvalue weighted by Gasteiger charge is 2.44. The Labute approximate surface area is 106 Å². The third-order valence-electron chi connectivity index (χ3n) is 3.41. The fourth-order valence-electron chi connectivity index (χ4n) is 2.34. The van der Waals surface area contributed by atoms with Gasteiger partial charge in [0.2, 0.25) is 0 Å². The Kier molecular flexibility index (Phi) is 5.64. The van der Waals surface area contributed by atoms with Crippen LogP contribution in [0.5, 0.6) is 0 Å². The van der Waals surface area contributed by atoms with Crippen molar-refractivity contribution in [1.82, 2.24) is 0 Å². The van der Waals surface area contributed by atoms with Crippen molar-refractivity contribution in [1.29, 1.82) is 0 Å². The monoisotopic (exact) mass is 269 g/mol. The van der Waals surface area contributed by atoms with Crippen molar-refractivity contribution in [3.8, 4) is 0 Å². The lowest BCUT2D eigenvalue weighted by atomic mass is 9.90. The summed E-state index contributed by atoms with van der Waals surface area (Å²) in [5, 5.41) is -1.27. The summed E-state index contributed by atoms with van der Waals surface area (Å²) in [6.45, 7) is 3.84. The summed E-state index contributed by atoms with van der Waals surface area (Å²) >= 11 is 1.06. The van der Waals surface area contributed by atoms with E-state index in [9.17, 15) is 13.2 Å². The van der Waals surface area contributed by atoms with Gasteiger partial charge in [-0.2, -0.15) is 13.2 Å². The zero-order valence-corrected chi connectivity index (χ0v) is 11.3. The van der Waals surface area contributed by atoms with Crippen LogP contribution in [-0.4, -0.2) is 22.7 Å². The highest BCUT2D eigenvalue weighted by Crippen LogP contribution is 2.41. The molecular weight excluding hydrogens is 247 g/mol.